The van der Waals surface area contributed by atoms with Gasteiger partial charge in [0.15, 0.2) is 0 Å². The summed E-state index contributed by atoms with van der Waals surface area (Å²) in [6, 6.07) is 15.6. The third-order valence-corrected chi connectivity index (χ3v) is 10.4. The van der Waals surface area contributed by atoms with Crippen LogP contribution in [0.1, 0.15) is 62.0 Å². The van der Waals surface area contributed by atoms with Gasteiger partial charge in [0, 0.05) is 58.9 Å². The van der Waals surface area contributed by atoms with E-state index in [0.29, 0.717) is 45.6 Å². The predicted molar refractivity (Wildman–Crippen MR) is 193 cm³/mol. The van der Waals surface area contributed by atoms with Gasteiger partial charge in [-0.05, 0) is 66.8 Å². The molecule has 1 atom stereocenters. The number of piperidine rings is 1. The molecule has 0 saturated carbocycles. The first-order chi connectivity index (χ1) is 22.3. The van der Waals surface area contributed by atoms with Crippen molar-refractivity contribution in [1.82, 2.24) is 20.1 Å². The Hall–Kier alpha value is -3.08. The van der Waals surface area contributed by atoms with E-state index in [1.54, 1.807) is 30.1 Å². The molecule has 1 N–H and O–H groups in total. The number of halogens is 3. The summed E-state index contributed by atoms with van der Waals surface area (Å²) in [5, 5.41) is 10.3. The lowest BCUT2D eigenvalue weighted by Crippen LogP contribution is -2.46. The van der Waals surface area contributed by atoms with Crippen molar-refractivity contribution in [2.75, 3.05) is 25.1 Å². The van der Waals surface area contributed by atoms with Crippen LogP contribution in [0, 0.1) is 5.41 Å². The number of carbonyl (C=O) groups is 2. The molecule has 3 aromatic rings. The first kappa shape index (κ1) is 35.2. The largest absolute Gasteiger partial charge is 0.343 e. The zero-order chi connectivity index (χ0) is 33.9. The number of benzene rings is 2. The number of amides is 2. The van der Waals surface area contributed by atoms with Crippen LogP contribution in [-0.2, 0) is 16.1 Å². The number of hydrazone groups is 1. The van der Waals surface area contributed by atoms with Crippen molar-refractivity contribution < 1.29 is 9.59 Å². The van der Waals surface area contributed by atoms with Crippen molar-refractivity contribution in [3.63, 3.8) is 0 Å². The van der Waals surface area contributed by atoms with Gasteiger partial charge in [-0.25, -0.2) is 9.99 Å². The smallest absolute Gasteiger partial charge is 0.269 e. The quantitative estimate of drug-likeness (QED) is 0.226. The number of pyridine rings is 1. The predicted octanol–water partition coefficient (Wildman–Crippen LogP) is 8.18. The van der Waals surface area contributed by atoms with Gasteiger partial charge in [-0.2, -0.15) is 5.10 Å². The fourth-order valence-electron chi connectivity index (χ4n) is 5.79. The molecule has 0 radical (unpaired) electrons. The van der Waals surface area contributed by atoms with Gasteiger partial charge in [-0.1, -0.05) is 92.1 Å². The zero-order valence-corrected chi connectivity index (χ0v) is 30.1. The molecular formula is C35H39Cl3N6O2S. The maximum absolute atomic E-state index is 12.8. The van der Waals surface area contributed by atoms with Gasteiger partial charge in [0.25, 0.3) is 5.91 Å². The van der Waals surface area contributed by atoms with E-state index >= 15 is 0 Å². The zero-order valence-electron chi connectivity index (χ0n) is 27.0. The summed E-state index contributed by atoms with van der Waals surface area (Å²) in [4.78, 5) is 33.7. The number of nitrogens with one attached hydrogen (secondary N) is 1. The molecule has 5 rings (SSSR count). The van der Waals surface area contributed by atoms with E-state index in [-0.39, 0.29) is 22.5 Å². The monoisotopic (exact) mass is 712 g/mol. The van der Waals surface area contributed by atoms with E-state index in [4.69, 9.17) is 39.8 Å². The number of thioether (sulfide) groups is 1. The molecular weight excluding hydrogens is 675 g/mol. The minimum Gasteiger partial charge on any atom is -0.343 e. The standard InChI is InChI=1S/C35H39Cl3N6O2S/c1-22-41-30(45)20-40-44(22)27-17-28(37)32(29(38)18-27)33(23-8-10-25(36)11-9-23)47-34-24(7-6-14-39-34)21-42(5)26-12-15-43(16-13-26)31(46)19-35(2,3)4/h6-11,14,17-18,20,26,33H,1,12-13,15-16,19,21H2,2-5H3,(H,41,45). The molecule has 2 aliphatic heterocycles. The minimum atomic E-state index is -0.354. The second-order valence-corrected chi connectivity index (χ2v) is 15.4. The van der Waals surface area contributed by atoms with Crippen molar-refractivity contribution in [3.05, 3.63) is 98.9 Å². The molecule has 47 heavy (non-hydrogen) atoms. The lowest BCUT2D eigenvalue weighted by molar-refractivity contribution is -0.134. The van der Waals surface area contributed by atoms with Crippen LogP contribution >= 0.6 is 46.6 Å². The highest BCUT2D eigenvalue weighted by molar-refractivity contribution is 7.99. The molecule has 1 unspecified atom stereocenters. The van der Waals surface area contributed by atoms with Crippen LogP contribution in [0.5, 0.6) is 0 Å². The summed E-state index contributed by atoms with van der Waals surface area (Å²) < 4.78 is 0. The Kier molecular flexibility index (Phi) is 11.2. The Bertz CT molecular complexity index is 1650. The Balaban J connectivity index is 1.38. The summed E-state index contributed by atoms with van der Waals surface area (Å²) in [6.07, 6.45) is 5.39. The van der Waals surface area contributed by atoms with Crippen LogP contribution in [0.2, 0.25) is 15.1 Å². The summed E-state index contributed by atoms with van der Waals surface area (Å²) in [6.45, 7) is 12.4. The molecule has 1 saturated heterocycles. The van der Waals surface area contributed by atoms with E-state index in [2.05, 4.69) is 55.8 Å². The highest BCUT2D eigenvalue weighted by atomic mass is 35.5. The van der Waals surface area contributed by atoms with Gasteiger partial charge in [-0.15, -0.1) is 0 Å². The van der Waals surface area contributed by atoms with Crippen LogP contribution in [-0.4, -0.2) is 59.0 Å². The van der Waals surface area contributed by atoms with Crippen molar-refractivity contribution >= 4 is 70.3 Å². The molecule has 3 heterocycles. The summed E-state index contributed by atoms with van der Waals surface area (Å²) in [7, 11) is 2.14. The fraction of sp³-hybridized carbons (Fsp3) is 0.371. The fourth-order valence-corrected chi connectivity index (χ4v) is 8.03. The number of nitrogens with zero attached hydrogens (tertiary/aromatic N) is 5. The maximum atomic E-state index is 12.8. The molecule has 2 aliphatic rings. The molecule has 248 valence electrons. The first-order valence-electron chi connectivity index (χ1n) is 15.5. The summed E-state index contributed by atoms with van der Waals surface area (Å²) >= 11 is 21.8. The topological polar surface area (TPSA) is 81.1 Å². The van der Waals surface area contributed by atoms with Crippen LogP contribution in [0.15, 0.2) is 77.3 Å². The average molecular weight is 714 g/mol. The molecule has 0 aliphatic carbocycles. The Morgan fingerprint density at radius 3 is 2.38 bits per heavy atom. The van der Waals surface area contributed by atoms with E-state index in [1.165, 1.54) is 11.2 Å². The molecule has 2 aromatic carbocycles. The molecule has 0 bridgehead atoms. The average Bonchev–Trinajstić information content (AvgIpc) is 3.00. The SMILES string of the molecule is C=C1NC(=O)C=NN1c1cc(Cl)c(C(Sc2ncccc2CN(C)C2CCN(C(=O)CC(C)(C)C)CC2)c2ccc(Cl)cc2)c(Cl)c1. The van der Waals surface area contributed by atoms with Crippen LogP contribution in [0.25, 0.3) is 0 Å². The molecule has 2 amide bonds. The number of carbonyl (C=O) groups excluding carboxylic acids is 2. The lowest BCUT2D eigenvalue weighted by Gasteiger charge is -2.38. The van der Waals surface area contributed by atoms with Crippen molar-refractivity contribution in [3.8, 4) is 0 Å². The van der Waals surface area contributed by atoms with Crippen molar-refractivity contribution in [1.29, 1.82) is 0 Å². The van der Waals surface area contributed by atoms with Gasteiger partial charge in [0.05, 0.1) is 10.9 Å². The number of likely N-dealkylation sites (tertiary alicyclic amines) is 1. The highest BCUT2D eigenvalue weighted by Gasteiger charge is 2.29. The summed E-state index contributed by atoms with van der Waals surface area (Å²) in [5.41, 5.74) is 3.31. The third kappa shape index (κ3) is 8.89. The molecule has 0 spiro atoms. The van der Waals surface area contributed by atoms with E-state index in [9.17, 15) is 9.59 Å². The third-order valence-electron chi connectivity index (χ3n) is 8.18. The van der Waals surface area contributed by atoms with E-state index in [0.717, 1.165) is 47.6 Å². The van der Waals surface area contributed by atoms with Crippen molar-refractivity contribution in [2.24, 2.45) is 10.5 Å². The Morgan fingerprint density at radius 2 is 1.77 bits per heavy atom. The number of hydrogen-bond donors (Lipinski definition) is 1. The van der Waals surface area contributed by atoms with E-state index < -0.39 is 0 Å². The number of rotatable bonds is 9. The second-order valence-electron chi connectivity index (χ2n) is 13.1. The minimum absolute atomic E-state index is 0.0183. The van der Waals surface area contributed by atoms with Gasteiger partial charge < -0.3 is 10.2 Å². The van der Waals surface area contributed by atoms with Gasteiger partial charge in [-0.3, -0.25) is 14.5 Å². The van der Waals surface area contributed by atoms with Gasteiger partial charge in [0.1, 0.15) is 17.1 Å². The Labute approximate surface area is 296 Å². The second kappa shape index (κ2) is 15.0. The molecule has 12 heteroatoms. The molecule has 8 nitrogen and oxygen atoms in total. The van der Waals surface area contributed by atoms with Gasteiger partial charge >= 0.3 is 0 Å². The van der Waals surface area contributed by atoms with E-state index in [1.807, 2.05) is 35.2 Å². The van der Waals surface area contributed by atoms with Crippen LogP contribution in [0.3, 0.4) is 0 Å². The number of hydrogen-bond acceptors (Lipinski definition) is 7. The summed E-state index contributed by atoms with van der Waals surface area (Å²) in [5.74, 6) is 0.182. The molecule has 1 fully saturated rings. The van der Waals surface area contributed by atoms with Crippen LogP contribution < -0.4 is 10.3 Å². The van der Waals surface area contributed by atoms with Gasteiger partial charge in [0.2, 0.25) is 5.91 Å². The number of anilines is 1. The Morgan fingerprint density at radius 1 is 1.11 bits per heavy atom. The lowest BCUT2D eigenvalue weighted by atomic mass is 9.91. The molecule has 1 aromatic heterocycles. The van der Waals surface area contributed by atoms with Crippen LogP contribution in [0.4, 0.5) is 5.69 Å². The maximum Gasteiger partial charge on any atom is 0.269 e. The number of aromatic nitrogens is 1. The van der Waals surface area contributed by atoms with Crippen molar-refractivity contribution in [2.45, 2.75) is 62.9 Å². The highest BCUT2D eigenvalue weighted by Crippen LogP contribution is 2.48. The normalized spacial score (nSPS) is 16.5. The first-order valence-corrected chi connectivity index (χ1v) is 17.5.